The van der Waals surface area contributed by atoms with E-state index in [-0.39, 0.29) is 65.7 Å². The molecule has 4 rings (SSSR count). The van der Waals surface area contributed by atoms with Crippen molar-refractivity contribution in [3.05, 3.63) is 95.1 Å². The summed E-state index contributed by atoms with van der Waals surface area (Å²) in [4.78, 5) is -0.285. The molecule has 0 aliphatic carbocycles. The summed E-state index contributed by atoms with van der Waals surface area (Å²) in [6.07, 6.45) is 0.168. The second-order valence-corrected chi connectivity index (χ2v) is 12.8. The van der Waals surface area contributed by atoms with Gasteiger partial charge < -0.3 is 20.4 Å². The molecule has 0 unspecified atom stereocenters. The first-order chi connectivity index (χ1) is 17.8. The molecule has 0 amide bonds. The van der Waals surface area contributed by atoms with Gasteiger partial charge in [-0.05, 0) is 108 Å². The van der Waals surface area contributed by atoms with Crippen molar-refractivity contribution < 1.29 is 37.3 Å². The quantitative estimate of drug-likeness (QED) is 0.258. The normalized spacial score (nSPS) is 11.9. The van der Waals surface area contributed by atoms with E-state index in [0.717, 1.165) is 0 Å². The highest BCUT2D eigenvalue weighted by molar-refractivity contribution is 7.91. The molecule has 4 aromatic rings. The van der Waals surface area contributed by atoms with Crippen molar-refractivity contribution in [1.29, 1.82) is 0 Å². The van der Waals surface area contributed by atoms with Gasteiger partial charge in [0.1, 0.15) is 23.0 Å². The molecule has 38 heavy (non-hydrogen) atoms. The average Bonchev–Trinajstić information content (AvgIpc) is 2.88. The molecule has 0 aliphatic heterocycles. The highest BCUT2D eigenvalue weighted by Gasteiger charge is 2.24. The molecule has 8 nitrogen and oxygen atoms in total. The van der Waals surface area contributed by atoms with Gasteiger partial charge in [-0.3, -0.25) is 0 Å². The molecule has 0 bridgehead atoms. The van der Waals surface area contributed by atoms with Crippen molar-refractivity contribution in [2.24, 2.45) is 0 Å². The molecular formula is C28H26O8S2. The molecule has 10 heteroatoms. The summed E-state index contributed by atoms with van der Waals surface area (Å²) >= 11 is 0. The summed E-state index contributed by atoms with van der Waals surface area (Å²) < 4.78 is 53.1. The monoisotopic (exact) mass is 554 g/mol. The molecule has 198 valence electrons. The number of aromatic hydroxyl groups is 4. The molecule has 0 saturated carbocycles. The summed E-state index contributed by atoms with van der Waals surface area (Å²) in [6.45, 7) is 3.29. The van der Waals surface area contributed by atoms with Gasteiger partial charge in [0.15, 0.2) is 0 Å². The van der Waals surface area contributed by atoms with Crippen LogP contribution in [0, 0.1) is 6.92 Å². The van der Waals surface area contributed by atoms with Crippen molar-refractivity contribution in [3.8, 4) is 23.0 Å². The highest BCUT2D eigenvalue weighted by atomic mass is 32.2. The maximum atomic E-state index is 13.3. The lowest BCUT2D eigenvalue weighted by Gasteiger charge is -2.16. The summed E-state index contributed by atoms with van der Waals surface area (Å²) in [7, 11) is -8.01. The predicted molar refractivity (Wildman–Crippen MR) is 140 cm³/mol. The number of sulfone groups is 2. The maximum Gasteiger partial charge on any atom is 0.206 e. The Kier molecular flexibility index (Phi) is 7.14. The minimum Gasteiger partial charge on any atom is -0.508 e. The van der Waals surface area contributed by atoms with E-state index in [1.165, 1.54) is 79.7 Å². The van der Waals surface area contributed by atoms with Crippen LogP contribution in [0.5, 0.6) is 23.0 Å². The van der Waals surface area contributed by atoms with Gasteiger partial charge in [-0.15, -0.1) is 0 Å². The molecule has 0 radical (unpaired) electrons. The lowest BCUT2D eigenvalue weighted by molar-refractivity contribution is 0.456. The lowest BCUT2D eigenvalue weighted by Crippen LogP contribution is -2.06. The number of rotatable bonds is 7. The number of hydrogen-bond donors (Lipinski definition) is 4. The van der Waals surface area contributed by atoms with Gasteiger partial charge in [0.25, 0.3) is 0 Å². The minimum absolute atomic E-state index is 0.0466. The fourth-order valence-corrected chi connectivity index (χ4v) is 6.88. The number of phenolic OH excluding ortho intramolecular Hbond substituents is 4. The average molecular weight is 555 g/mol. The molecule has 4 N–H and O–H groups in total. The second-order valence-electron chi connectivity index (χ2n) is 8.86. The van der Waals surface area contributed by atoms with E-state index in [4.69, 9.17) is 0 Å². The molecular weight excluding hydrogens is 528 g/mol. The Morgan fingerprint density at radius 3 is 1.39 bits per heavy atom. The summed E-state index contributed by atoms with van der Waals surface area (Å²) in [5, 5.41) is 40.7. The summed E-state index contributed by atoms with van der Waals surface area (Å²) in [6, 6.07) is 15.4. The number of benzene rings is 4. The molecule has 0 saturated heterocycles. The Bertz CT molecular complexity index is 1720. The van der Waals surface area contributed by atoms with Crippen molar-refractivity contribution in [2.45, 2.75) is 46.3 Å². The number of aryl methyl sites for hydroxylation is 2. The van der Waals surface area contributed by atoms with Crippen molar-refractivity contribution in [3.63, 3.8) is 0 Å². The van der Waals surface area contributed by atoms with E-state index in [2.05, 4.69) is 0 Å². The van der Waals surface area contributed by atoms with E-state index in [0.29, 0.717) is 12.0 Å². The first-order valence-electron chi connectivity index (χ1n) is 11.6. The van der Waals surface area contributed by atoms with E-state index >= 15 is 0 Å². The Labute approximate surface area is 220 Å². The van der Waals surface area contributed by atoms with E-state index in [9.17, 15) is 37.3 Å². The zero-order chi connectivity index (χ0) is 27.8. The number of phenols is 4. The fraction of sp³-hybridized carbons (Fsp3) is 0.143. The molecule has 0 atom stereocenters. The summed E-state index contributed by atoms with van der Waals surface area (Å²) in [5.74, 6) is -0.506. The Hall–Kier alpha value is -4.02. The molecule has 0 aromatic heterocycles. The van der Waals surface area contributed by atoms with Crippen LogP contribution >= 0.6 is 0 Å². The third kappa shape index (κ3) is 5.05. The van der Waals surface area contributed by atoms with Gasteiger partial charge in [0.05, 0.1) is 19.6 Å². The third-order valence-electron chi connectivity index (χ3n) is 6.27. The zero-order valence-electron chi connectivity index (χ0n) is 20.6. The first kappa shape index (κ1) is 27.0. The van der Waals surface area contributed by atoms with Crippen LogP contribution in [0.25, 0.3) is 0 Å². The van der Waals surface area contributed by atoms with Gasteiger partial charge in [-0.2, -0.15) is 0 Å². The van der Waals surface area contributed by atoms with Crippen LogP contribution in [-0.2, 0) is 32.5 Å². The summed E-state index contributed by atoms with van der Waals surface area (Å²) in [5.41, 5.74) is 1.02. The standard InChI is InChI=1S/C28H26O8S2/c1-3-18-14-26(38(35,36)24-10-6-22(30)7-11-24)16-20(28(18)32)13-19-15-25(12-17(2)27(19)31)37(33,34)23-8-4-21(29)5-9-23/h4-12,14-16,29-32H,3,13H2,1-2H3. The van der Waals surface area contributed by atoms with Crippen LogP contribution in [0.3, 0.4) is 0 Å². The highest BCUT2D eigenvalue weighted by Crippen LogP contribution is 2.36. The van der Waals surface area contributed by atoms with Gasteiger partial charge >= 0.3 is 0 Å². The third-order valence-corrected chi connectivity index (χ3v) is 9.77. The van der Waals surface area contributed by atoms with Gasteiger partial charge in [0.2, 0.25) is 19.7 Å². The Morgan fingerprint density at radius 2 is 0.947 bits per heavy atom. The van der Waals surface area contributed by atoms with E-state index in [1.807, 2.05) is 0 Å². The van der Waals surface area contributed by atoms with Crippen molar-refractivity contribution in [2.75, 3.05) is 0 Å². The molecule has 0 spiro atoms. The predicted octanol–water partition coefficient (Wildman–Crippen LogP) is 4.64. The largest absolute Gasteiger partial charge is 0.508 e. The van der Waals surface area contributed by atoms with Crippen LogP contribution in [-0.4, -0.2) is 37.3 Å². The van der Waals surface area contributed by atoms with Crippen LogP contribution in [0.1, 0.15) is 29.2 Å². The molecule has 0 aliphatic rings. The minimum atomic E-state index is -4.01. The van der Waals surface area contributed by atoms with E-state index in [1.54, 1.807) is 6.92 Å². The van der Waals surface area contributed by atoms with Gasteiger partial charge in [0, 0.05) is 6.42 Å². The fourth-order valence-electron chi connectivity index (χ4n) is 4.12. The van der Waals surface area contributed by atoms with Crippen LogP contribution in [0.4, 0.5) is 0 Å². The van der Waals surface area contributed by atoms with Crippen molar-refractivity contribution >= 4 is 19.7 Å². The lowest BCUT2D eigenvalue weighted by atomic mass is 9.98. The van der Waals surface area contributed by atoms with Gasteiger partial charge in [-0.1, -0.05) is 6.92 Å². The van der Waals surface area contributed by atoms with Gasteiger partial charge in [-0.25, -0.2) is 16.8 Å². The maximum absolute atomic E-state index is 13.3. The Morgan fingerprint density at radius 1 is 0.553 bits per heavy atom. The first-order valence-corrected chi connectivity index (χ1v) is 14.6. The molecule has 0 heterocycles. The zero-order valence-corrected chi connectivity index (χ0v) is 22.2. The molecule has 0 fully saturated rings. The van der Waals surface area contributed by atoms with Crippen LogP contribution in [0.2, 0.25) is 0 Å². The Balaban J connectivity index is 1.82. The van der Waals surface area contributed by atoms with Crippen molar-refractivity contribution in [1.82, 2.24) is 0 Å². The second kappa shape index (κ2) is 10.0. The van der Waals surface area contributed by atoms with Crippen LogP contribution in [0.15, 0.2) is 92.4 Å². The smallest absolute Gasteiger partial charge is 0.206 e. The van der Waals surface area contributed by atoms with E-state index < -0.39 is 19.7 Å². The topological polar surface area (TPSA) is 149 Å². The number of hydrogen-bond acceptors (Lipinski definition) is 8. The molecule has 4 aromatic carbocycles. The van der Waals surface area contributed by atoms with Crippen LogP contribution < -0.4 is 0 Å². The SMILES string of the molecule is CCc1cc(S(=O)(=O)c2ccc(O)cc2)cc(Cc2cc(S(=O)(=O)c3ccc(O)cc3)cc(C)c2O)c1O.